The van der Waals surface area contributed by atoms with Gasteiger partial charge in [0, 0.05) is 36.1 Å². The van der Waals surface area contributed by atoms with Gasteiger partial charge in [-0.05, 0) is 36.4 Å². The van der Waals surface area contributed by atoms with Crippen LogP contribution in [0.1, 0.15) is 10.4 Å². The molecule has 0 aliphatic heterocycles. The summed E-state index contributed by atoms with van der Waals surface area (Å²) in [5.74, 6) is 0.309. The number of nitrogens with one attached hydrogen (secondary N) is 2. The lowest BCUT2D eigenvalue weighted by Crippen LogP contribution is -2.19. The molecule has 0 bridgehead atoms. The number of carbonyl (C=O) groups is 1. The maximum Gasteiger partial charge on any atom is 0.255 e. The van der Waals surface area contributed by atoms with E-state index >= 15 is 0 Å². The Morgan fingerprint density at radius 3 is 2.74 bits per heavy atom. The summed E-state index contributed by atoms with van der Waals surface area (Å²) >= 11 is 6.23. The Morgan fingerprint density at radius 1 is 1.15 bits per heavy atom. The van der Waals surface area contributed by atoms with Crippen LogP contribution in [-0.4, -0.2) is 20.4 Å². The number of rotatable bonds is 3. The molecule has 0 aliphatic rings. The first-order valence-corrected chi connectivity index (χ1v) is 8.62. The van der Waals surface area contributed by atoms with E-state index in [4.69, 9.17) is 11.6 Å². The number of anilines is 1. The molecule has 0 unspecified atom stereocenters. The van der Waals surface area contributed by atoms with Crippen molar-refractivity contribution in [2.45, 2.75) is 0 Å². The number of aromatic nitrogens is 3. The number of hydrogen-bond acceptors (Lipinski definition) is 3. The second kappa shape index (κ2) is 6.74. The molecule has 0 radical (unpaired) electrons. The van der Waals surface area contributed by atoms with Gasteiger partial charge in [-0.15, -0.1) is 0 Å². The molecule has 1 amide bonds. The van der Waals surface area contributed by atoms with Crippen LogP contribution in [0.25, 0.3) is 22.4 Å². The van der Waals surface area contributed by atoms with Gasteiger partial charge >= 0.3 is 0 Å². The molecule has 134 valence electrons. The highest BCUT2D eigenvalue weighted by molar-refractivity contribution is 6.33. The largest absolute Gasteiger partial charge is 0.338 e. The van der Waals surface area contributed by atoms with Crippen molar-refractivity contribution in [3.8, 4) is 11.4 Å². The highest BCUT2D eigenvalue weighted by atomic mass is 35.5. The monoisotopic (exact) mass is 378 g/mol. The predicted molar refractivity (Wildman–Crippen MR) is 106 cm³/mol. The van der Waals surface area contributed by atoms with Crippen LogP contribution in [0.2, 0.25) is 5.02 Å². The van der Waals surface area contributed by atoms with Crippen LogP contribution in [0, 0.1) is 0 Å². The minimum absolute atomic E-state index is 0.240. The highest BCUT2D eigenvalue weighted by Crippen LogP contribution is 2.28. The summed E-state index contributed by atoms with van der Waals surface area (Å²) in [7, 11) is 1.63. The minimum atomic E-state index is -0.349. The molecule has 0 fully saturated rings. The highest BCUT2D eigenvalue weighted by Gasteiger charge is 2.11. The van der Waals surface area contributed by atoms with Gasteiger partial charge < -0.3 is 14.9 Å². The fourth-order valence-electron chi connectivity index (χ4n) is 2.76. The lowest BCUT2D eigenvalue weighted by atomic mass is 10.2. The normalized spacial score (nSPS) is 10.9. The molecule has 2 aromatic heterocycles. The molecular formula is C20H15ClN4O2. The van der Waals surface area contributed by atoms with Crippen LogP contribution in [0.3, 0.4) is 0 Å². The minimum Gasteiger partial charge on any atom is -0.338 e. The van der Waals surface area contributed by atoms with Gasteiger partial charge in [-0.1, -0.05) is 23.7 Å². The maximum absolute atomic E-state index is 12.4. The first-order valence-electron chi connectivity index (χ1n) is 8.24. The van der Waals surface area contributed by atoms with Crippen LogP contribution >= 0.6 is 11.6 Å². The van der Waals surface area contributed by atoms with E-state index in [1.807, 2.05) is 24.3 Å². The molecule has 0 atom stereocenters. The summed E-state index contributed by atoms with van der Waals surface area (Å²) in [5, 5.41) is 3.40. The molecule has 2 heterocycles. The average molecular weight is 379 g/mol. The van der Waals surface area contributed by atoms with E-state index in [0.29, 0.717) is 22.1 Å². The summed E-state index contributed by atoms with van der Waals surface area (Å²) < 4.78 is 1.41. The number of benzene rings is 2. The molecule has 6 nitrogen and oxygen atoms in total. The number of pyridine rings is 1. The van der Waals surface area contributed by atoms with Crippen LogP contribution < -0.4 is 10.9 Å². The maximum atomic E-state index is 12.4. The summed E-state index contributed by atoms with van der Waals surface area (Å²) in [6.07, 6.45) is 1.56. The zero-order chi connectivity index (χ0) is 19.0. The quantitative estimate of drug-likeness (QED) is 0.568. The number of H-pyrrole nitrogens is 1. The van der Waals surface area contributed by atoms with E-state index in [2.05, 4.69) is 15.3 Å². The molecule has 4 aromatic rings. The second-order valence-corrected chi connectivity index (χ2v) is 6.52. The number of aromatic amines is 1. The SMILES string of the molecule is Cn1ccc(C(=O)Nc2ccc3nc(-c4ccccc4Cl)[nH]c3c2)cc1=O. The number of nitrogens with zero attached hydrogens (tertiary/aromatic N) is 2. The number of aryl methyl sites for hydroxylation is 1. The summed E-state index contributed by atoms with van der Waals surface area (Å²) in [6.45, 7) is 0. The summed E-state index contributed by atoms with van der Waals surface area (Å²) in [5.41, 5.74) is 3.00. The molecule has 7 heteroatoms. The molecule has 0 aliphatic carbocycles. The molecule has 2 aromatic carbocycles. The van der Waals surface area contributed by atoms with Crippen LogP contribution in [0.4, 0.5) is 5.69 Å². The van der Waals surface area contributed by atoms with E-state index in [1.165, 1.54) is 10.6 Å². The van der Waals surface area contributed by atoms with Crippen molar-refractivity contribution in [3.05, 3.63) is 81.7 Å². The van der Waals surface area contributed by atoms with Crippen molar-refractivity contribution in [1.82, 2.24) is 14.5 Å². The molecular weight excluding hydrogens is 364 g/mol. The fourth-order valence-corrected chi connectivity index (χ4v) is 2.99. The Kier molecular flexibility index (Phi) is 4.25. The standard InChI is InChI=1S/C20H15ClN4O2/c1-25-9-8-12(10-18(25)26)20(27)22-13-6-7-16-17(11-13)24-19(23-16)14-4-2-3-5-15(14)21/h2-11H,1H3,(H,22,27)(H,23,24). The molecule has 0 spiro atoms. The van der Waals surface area contributed by atoms with Gasteiger partial charge in [-0.2, -0.15) is 0 Å². The Morgan fingerprint density at radius 2 is 1.96 bits per heavy atom. The zero-order valence-corrected chi connectivity index (χ0v) is 15.1. The number of imidazole rings is 1. The number of fused-ring (bicyclic) bond motifs is 1. The van der Waals surface area contributed by atoms with E-state index in [-0.39, 0.29) is 11.5 Å². The van der Waals surface area contributed by atoms with Crippen LogP contribution in [-0.2, 0) is 7.05 Å². The van der Waals surface area contributed by atoms with Crippen LogP contribution in [0.5, 0.6) is 0 Å². The Hall–Kier alpha value is -3.38. The van der Waals surface area contributed by atoms with Gasteiger partial charge in [0.1, 0.15) is 5.82 Å². The number of halogens is 1. The predicted octanol–water partition coefficient (Wildman–Crippen LogP) is 3.83. The molecule has 2 N–H and O–H groups in total. The molecule has 4 rings (SSSR count). The number of carbonyl (C=O) groups excluding carboxylic acids is 1. The van der Waals surface area contributed by atoms with Crippen molar-refractivity contribution < 1.29 is 4.79 Å². The Balaban J connectivity index is 1.63. The van der Waals surface area contributed by atoms with E-state index < -0.39 is 0 Å². The van der Waals surface area contributed by atoms with Crippen molar-refractivity contribution in [2.75, 3.05) is 5.32 Å². The number of amides is 1. The topological polar surface area (TPSA) is 79.8 Å². The first kappa shape index (κ1) is 17.1. The fraction of sp³-hybridized carbons (Fsp3) is 0.0500. The van der Waals surface area contributed by atoms with Gasteiger partial charge in [0.05, 0.1) is 16.1 Å². The van der Waals surface area contributed by atoms with Crippen molar-refractivity contribution in [1.29, 1.82) is 0 Å². The lowest BCUT2D eigenvalue weighted by Gasteiger charge is -2.05. The van der Waals surface area contributed by atoms with Crippen molar-refractivity contribution in [3.63, 3.8) is 0 Å². The first-order chi connectivity index (χ1) is 13.0. The van der Waals surface area contributed by atoms with Crippen LogP contribution in [0.15, 0.2) is 65.6 Å². The van der Waals surface area contributed by atoms with Crippen molar-refractivity contribution >= 4 is 34.2 Å². The van der Waals surface area contributed by atoms with Gasteiger partial charge in [-0.25, -0.2) is 4.98 Å². The molecule has 0 saturated carbocycles. The summed E-state index contributed by atoms with van der Waals surface area (Å²) in [6, 6.07) is 15.7. The second-order valence-electron chi connectivity index (χ2n) is 6.12. The third-order valence-corrected chi connectivity index (χ3v) is 4.56. The van der Waals surface area contributed by atoms with E-state index in [9.17, 15) is 9.59 Å². The molecule has 27 heavy (non-hydrogen) atoms. The zero-order valence-electron chi connectivity index (χ0n) is 14.4. The smallest absolute Gasteiger partial charge is 0.255 e. The Bertz CT molecular complexity index is 1230. The Labute approximate surface area is 159 Å². The summed E-state index contributed by atoms with van der Waals surface area (Å²) in [4.78, 5) is 31.8. The van der Waals surface area contributed by atoms with Gasteiger partial charge in [0.2, 0.25) is 0 Å². The van der Waals surface area contributed by atoms with Gasteiger partial charge in [-0.3, -0.25) is 9.59 Å². The van der Waals surface area contributed by atoms with Crippen molar-refractivity contribution in [2.24, 2.45) is 7.05 Å². The number of hydrogen-bond donors (Lipinski definition) is 2. The third-order valence-electron chi connectivity index (χ3n) is 4.24. The molecule has 0 saturated heterocycles. The third kappa shape index (κ3) is 3.35. The van der Waals surface area contributed by atoms with E-state index in [1.54, 1.807) is 37.5 Å². The van der Waals surface area contributed by atoms with E-state index in [0.717, 1.165) is 16.6 Å². The van der Waals surface area contributed by atoms with Gasteiger partial charge in [0.15, 0.2) is 0 Å². The average Bonchev–Trinajstić information content (AvgIpc) is 3.07. The van der Waals surface area contributed by atoms with Gasteiger partial charge in [0.25, 0.3) is 11.5 Å². The lowest BCUT2D eigenvalue weighted by molar-refractivity contribution is 0.102.